The number of unbranched alkanes of at least 4 members (excludes halogenated alkanes) is 22. The van der Waals surface area contributed by atoms with Crippen LogP contribution in [0.5, 0.6) is 0 Å². The van der Waals surface area contributed by atoms with E-state index >= 15 is 0 Å². The maximum absolute atomic E-state index is 8.87. The quantitative estimate of drug-likeness (QED) is 0.100. The lowest BCUT2D eigenvalue weighted by atomic mass is 10.1. The van der Waals surface area contributed by atoms with Gasteiger partial charge in [0, 0.05) is 13.2 Å². The van der Waals surface area contributed by atoms with E-state index in [1.165, 1.54) is 167 Å². The summed E-state index contributed by atoms with van der Waals surface area (Å²) >= 11 is 0. The van der Waals surface area contributed by atoms with Crippen molar-refractivity contribution >= 4 is 0 Å². The summed E-state index contributed by atoms with van der Waals surface area (Å²) in [5.41, 5.74) is 0. The summed E-state index contributed by atoms with van der Waals surface area (Å²) in [4.78, 5) is 2.78. The molecule has 0 amide bonds. The van der Waals surface area contributed by atoms with Gasteiger partial charge in [-0.05, 0) is 51.7 Å². The third-order valence-electron chi connectivity index (χ3n) is 7.34. The fourth-order valence-electron chi connectivity index (χ4n) is 5.00. The molecule has 0 rings (SSSR count). The molecule has 2 N–H and O–H groups in total. The van der Waals surface area contributed by atoms with Crippen LogP contribution in [0.4, 0.5) is 0 Å². The van der Waals surface area contributed by atoms with Gasteiger partial charge in [0.05, 0.1) is 0 Å². The summed E-state index contributed by atoms with van der Waals surface area (Å²) in [6.45, 7) is 6.95. The molecule has 3 heteroatoms. The Bertz CT molecular complexity index is 298. The Labute approximate surface area is 215 Å². The molecular weight excluding hydrogens is 418 g/mol. The van der Waals surface area contributed by atoms with Crippen molar-refractivity contribution in [3.63, 3.8) is 0 Å². The van der Waals surface area contributed by atoms with Crippen molar-refractivity contribution in [2.45, 2.75) is 167 Å². The Morgan fingerprint density at radius 2 is 0.559 bits per heavy atom. The van der Waals surface area contributed by atoms with Crippen LogP contribution in [0, 0.1) is 0 Å². The number of aliphatic hydroxyl groups is 2. The van der Waals surface area contributed by atoms with Crippen molar-refractivity contribution in [1.82, 2.24) is 4.90 Å². The first kappa shape index (κ1) is 33.9. The highest BCUT2D eigenvalue weighted by Gasteiger charge is 2.05. The summed E-state index contributed by atoms with van der Waals surface area (Å²) in [5.74, 6) is 0. The second-order valence-electron chi connectivity index (χ2n) is 10.8. The second-order valence-corrected chi connectivity index (χ2v) is 10.8. The maximum Gasteiger partial charge on any atom is 0.0431 e. The van der Waals surface area contributed by atoms with Crippen molar-refractivity contribution in [2.24, 2.45) is 0 Å². The molecular formula is C31H65NO2. The second kappa shape index (κ2) is 30.9. The van der Waals surface area contributed by atoms with E-state index in [4.69, 9.17) is 10.2 Å². The standard InChI is InChI=1S/C31H65NO2/c1-2-3-4-5-6-7-12-17-22-27-32(28-23-18-13-8-10-15-20-25-30-33)29-24-19-14-9-11-16-21-26-31-34/h33-34H,2-31H2,1H3. The van der Waals surface area contributed by atoms with Crippen LogP contribution in [-0.4, -0.2) is 48.0 Å². The predicted octanol–water partition coefficient (Wildman–Crippen LogP) is 9.05. The van der Waals surface area contributed by atoms with Crippen molar-refractivity contribution < 1.29 is 10.2 Å². The zero-order chi connectivity index (χ0) is 24.8. The smallest absolute Gasteiger partial charge is 0.0431 e. The van der Waals surface area contributed by atoms with Crippen molar-refractivity contribution in [2.75, 3.05) is 32.8 Å². The zero-order valence-electron chi connectivity index (χ0n) is 23.6. The number of hydrogen-bond acceptors (Lipinski definition) is 3. The molecule has 0 aromatic rings. The van der Waals surface area contributed by atoms with E-state index in [0.29, 0.717) is 13.2 Å². The summed E-state index contributed by atoms with van der Waals surface area (Å²) in [6, 6.07) is 0. The average Bonchev–Trinajstić information content (AvgIpc) is 2.85. The molecule has 0 fully saturated rings. The Hall–Kier alpha value is -0.120. The van der Waals surface area contributed by atoms with Gasteiger partial charge in [-0.3, -0.25) is 0 Å². The molecule has 0 saturated heterocycles. The van der Waals surface area contributed by atoms with Gasteiger partial charge in [-0.15, -0.1) is 0 Å². The molecule has 0 spiro atoms. The van der Waals surface area contributed by atoms with Crippen LogP contribution in [0.3, 0.4) is 0 Å². The van der Waals surface area contributed by atoms with Crippen molar-refractivity contribution in [3.05, 3.63) is 0 Å². The maximum atomic E-state index is 8.87. The van der Waals surface area contributed by atoms with Gasteiger partial charge in [-0.1, -0.05) is 135 Å². The van der Waals surface area contributed by atoms with E-state index in [2.05, 4.69) is 11.8 Å². The highest BCUT2D eigenvalue weighted by molar-refractivity contribution is 4.61. The topological polar surface area (TPSA) is 43.7 Å². The molecule has 0 aliphatic rings. The Morgan fingerprint density at radius 1 is 0.324 bits per heavy atom. The van der Waals surface area contributed by atoms with E-state index in [9.17, 15) is 0 Å². The van der Waals surface area contributed by atoms with Crippen LogP contribution in [-0.2, 0) is 0 Å². The first-order chi connectivity index (χ1) is 16.8. The normalized spacial score (nSPS) is 11.6. The number of rotatable bonds is 30. The van der Waals surface area contributed by atoms with Gasteiger partial charge in [0.2, 0.25) is 0 Å². The Balaban J connectivity index is 3.85. The Morgan fingerprint density at radius 3 is 0.824 bits per heavy atom. The van der Waals surface area contributed by atoms with Gasteiger partial charge in [-0.2, -0.15) is 0 Å². The molecule has 3 nitrogen and oxygen atoms in total. The van der Waals surface area contributed by atoms with E-state index < -0.39 is 0 Å². The molecule has 0 aromatic heterocycles. The van der Waals surface area contributed by atoms with Crippen molar-refractivity contribution in [1.29, 1.82) is 0 Å². The zero-order valence-corrected chi connectivity index (χ0v) is 23.6. The van der Waals surface area contributed by atoms with Crippen molar-refractivity contribution in [3.8, 4) is 0 Å². The fraction of sp³-hybridized carbons (Fsp3) is 1.00. The minimum atomic E-state index is 0.361. The summed E-state index contributed by atoms with van der Waals surface area (Å²) in [6.07, 6.45) is 33.5. The molecule has 0 unspecified atom stereocenters. The lowest BCUT2D eigenvalue weighted by Gasteiger charge is -2.22. The SMILES string of the molecule is CCCCCCCCCCCN(CCCCCCCCCCO)CCCCCCCCCCO. The van der Waals surface area contributed by atoms with Gasteiger partial charge >= 0.3 is 0 Å². The molecule has 0 aliphatic carbocycles. The molecule has 0 aliphatic heterocycles. The van der Waals surface area contributed by atoms with Crippen LogP contribution >= 0.6 is 0 Å². The van der Waals surface area contributed by atoms with Gasteiger partial charge in [0.15, 0.2) is 0 Å². The highest BCUT2D eigenvalue weighted by Crippen LogP contribution is 2.13. The third kappa shape index (κ3) is 28.1. The number of hydrogen-bond donors (Lipinski definition) is 2. The fourth-order valence-corrected chi connectivity index (χ4v) is 5.00. The minimum Gasteiger partial charge on any atom is -0.396 e. The molecule has 0 atom stereocenters. The van der Waals surface area contributed by atoms with Crippen LogP contribution in [0.2, 0.25) is 0 Å². The first-order valence-electron chi connectivity index (χ1n) is 15.8. The monoisotopic (exact) mass is 484 g/mol. The third-order valence-corrected chi connectivity index (χ3v) is 7.34. The van der Waals surface area contributed by atoms with Gasteiger partial charge in [0.1, 0.15) is 0 Å². The van der Waals surface area contributed by atoms with Crippen LogP contribution in [0.25, 0.3) is 0 Å². The van der Waals surface area contributed by atoms with E-state index in [0.717, 1.165) is 12.8 Å². The van der Waals surface area contributed by atoms with E-state index in [-0.39, 0.29) is 0 Å². The lowest BCUT2D eigenvalue weighted by Crippen LogP contribution is -2.27. The van der Waals surface area contributed by atoms with Crippen LogP contribution in [0.1, 0.15) is 167 Å². The van der Waals surface area contributed by atoms with Crippen LogP contribution in [0.15, 0.2) is 0 Å². The van der Waals surface area contributed by atoms with Gasteiger partial charge in [0.25, 0.3) is 0 Å². The molecule has 0 bridgehead atoms. The molecule has 34 heavy (non-hydrogen) atoms. The average molecular weight is 484 g/mol. The highest BCUT2D eigenvalue weighted by atomic mass is 16.3. The van der Waals surface area contributed by atoms with Crippen LogP contribution < -0.4 is 0 Å². The van der Waals surface area contributed by atoms with Gasteiger partial charge < -0.3 is 15.1 Å². The molecule has 0 aromatic carbocycles. The first-order valence-corrected chi connectivity index (χ1v) is 15.8. The molecule has 0 radical (unpaired) electrons. The summed E-state index contributed by atoms with van der Waals surface area (Å²) in [5, 5.41) is 17.7. The molecule has 206 valence electrons. The number of nitrogens with zero attached hydrogens (tertiary/aromatic N) is 1. The minimum absolute atomic E-state index is 0.361. The largest absolute Gasteiger partial charge is 0.396 e. The lowest BCUT2D eigenvalue weighted by molar-refractivity contribution is 0.253. The molecule has 0 heterocycles. The summed E-state index contributed by atoms with van der Waals surface area (Å²) in [7, 11) is 0. The van der Waals surface area contributed by atoms with E-state index in [1.54, 1.807) is 0 Å². The predicted molar refractivity (Wildman–Crippen MR) is 152 cm³/mol. The summed E-state index contributed by atoms with van der Waals surface area (Å²) < 4.78 is 0. The molecule has 0 saturated carbocycles. The van der Waals surface area contributed by atoms with E-state index in [1.807, 2.05) is 0 Å². The van der Waals surface area contributed by atoms with Gasteiger partial charge in [-0.25, -0.2) is 0 Å². The number of aliphatic hydroxyl groups excluding tert-OH is 2. The Kier molecular flexibility index (Phi) is 30.8.